The first-order valence-corrected chi connectivity index (χ1v) is 14.4. The number of nitrogens with one attached hydrogen (secondary N) is 1. The van der Waals surface area contributed by atoms with Crippen molar-refractivity contribution in [2.75, 3.05) is 31.2 Å². The molecule has 170 valence electrons. The summed E-state index contributed by atoms with van der Waals surface area (Å²) >= 11 is 0. The molecule has 0 bridgehead atoms. The normalized spacial score (nSPS) is 11.5. The highest BCUT2D eigenvalue weighted by Crippen LogP contribution is 2.61. The standard InChI is InChI=1S/C24H41N2O3P/c1-5-9-16-30(17-10-6-2,18-11-7-3)19-12-15-25-24(27)22-14-13-21(8-4)23(20-22)26(28)29/h13-14,20H,5-12,15-19H2,1-4H3/p+1. The molecule has 0 saturated heterocycles. The highest BCUT2D eigenvalue weighted by Gasteiger charge is 2.34. The maximum absolute atomic E-state index is 12.5. The summed E-state index contributed by atoms with van der Waals surface area (Å²) in [6.07, 6.45) is 14.7. The third kappa shape index (κ3) is 8.71. The van der Waals surface area contributed by atoms with E-state index >= 15 is 0 Å². The number of aryl methyl sites for hydroxylation is 1. The molecule has 0 fully saturated rings. The molecule has 1 rings (SSSR count). The number of carbonyl (C=O) groups excluding carboxylic acids is 1. The summed E-state index contributed by atoms with van der Waals surface area (Å²) in [7, 11) is -0.950. The minimum absolute atomic E-state index is 0.0359. The van der Waals surface area contributed by atoms with Crippen molar-refractivity contribution in [3.05, 3.63) is 39.4 Å². The van der Waals surface area contributed by atoms with Gasteiger partial charge < -0.3 is 5.32 Å². The van der Waals surface area contributed by atoms with Crippen molar-refractivity contribution in [3.8, 4) is 0 Å². The van der Waals surface area contributed by atoms with Gasteiger partial charge in [0.25, 0.3) is 11.6 Å². The van der Waals surface area contributed by atoms with E-state index in [1.165, 1.54) is 69.2 Å². The fourth-order valence-electron chi connectivity index (χ4n) is 4.04. The Morgan fingerprint density at radius 3 is 1.93 bits per heavy atom. The molecule has 0 saturated carbocycles. The number of carbonyl (C=O) groups is 1. The van der Waals surface area contributed by atoms with E-state index in [0.29, 0.717) is 24.1 Å². The van der Waals surface area contributed by atoms with Gasteiger partial charge in [-0.15, -0.1) is 0 Å². The number of nitro benzene ring substituents is 1. The molecule has 1 N–H and O–H groups in total. The molecule has 5 nitrogen and oxygen atoms in total. The lowest BCUT2D eigenvalue weighted by atomic mass is 10.1. The zero-order valence-electron chi connectivity index (χ0n) is 19.5. The van der Waals surface area contributed by atoms with Crippen molar-refractivity contribution < 1.29 is 9.72 Å². The Balaban J connectivity index is 2.71. The molecule has 0 aromatic heterocycles. The second-order valence-electron chi connectivity index (χ2n) is 8.36. The molecule has 1 amide bonds. The van der Waals surface area contributed by atoms with Gasteiger partial charge in [-0.25, -0.2) is 0 Å². The van der Waals surface area contributed by atoms with E-state index in [2.05, 4.69) is 26.1 Å². The quantitative estimate of drug-likeness (QED) is 0.135. The summed E-state index contributed by atoms with van der Waals surface area (Å²) in [4.78, 5) is 23.4. The van der Waals surface area contributed by atoms with Crippen molar-refractivity contribution in [2.24, 2.45) is 0 Å². The maximum atomic E-state index is 12.5. The molecule has 0 unspecified atom stereocenters. The Hall–Kier alpha value is -1.48. The van der Waals surface area contributed by atoms with Crippen LogP contribution in [-0.4, -0.2) is 42.0 Å². The molecule has 0 aliphatic rings. The molecule has 6 heteroatoms. The summed E-state index contributed by atoms with van der Waals surface area (Å²) in [6.45, 7) is 9.36. The van der Waals surface area contributed by atoms with Gasteiger partial charge in [0.2, 0.25) is 0 Å². The van der Waals surface area contributed by atoms with Crippen LogP contribution in [0, 0.1) is 10.1 Å². The zero-order valence-corrected chi connectivity index (χ0v) is 20.4. The molecule has 1 aromatic rings. The number of nitro groups is 1. The Morgan fingerprint density at radius 1 is 0.933 bits per heavy atom. The van der Waals surface area contributed by atoms with E-state index in [0.717, 1.165) is 6.42 Å². The van der Waals surface area contributed by atoms with Gasteiger partial charge in [-0.1, -0.05) is 53.0 Å². The van der Waals surface area contributed by atoms with Gasteiger partial charge >= 0.3 is 0 Å². The van der Waals surface area contributed by atoms with Gasteiger partial charge in [-0.05, 0) is 38.2 Å². The van der Waals surface area contributed by atoms with Crippen LogP contribution in [0.2, 0.25) is 0 Å². The Kier molecular flexibility index (Phi) is 12.8. The van der Waals surface area contributed by atoms with Crippen molar-refractivity contribution in [1.29, 1.82) is 0 Å². The summed E-state index contributed by atoms with van der Waals surface area (Å²) in [5, 5.41) is 14.3. The summed E-state index contributed by atoms with van der Waals surface area (Å²) in [5.74, 6) is -0.208. The largest absolute Gasteiger partial charge is 0.352 e. The molecule has 0 atom stereocenters. The lowest BCUT2D eigenvalue weighted by molar-refractivity contribution is -0.385. The molecule has 0 spiro atoms. The summed E-state index contributed by atoms with van der Waals surface area (Å²) < 4.78 is 0. The Bertz CT molecular complexity index is 642. The first kappa shape index (κ1) is 26.6. The van der Waals surface area contributed by atoms with Crippen LogP contribution in [-0.2, 0) is 6.42 Å². The van der Waals surface area contributed by atoms with Crippen LogP contribution in [0.25, 0.3) is 0 Å². The zero-order chi connectivity index (χ0) is 22.4. The van der Waals surface area contributed by atoms with Gasteiger partial charge in [-0.3, -0.25) is 14.9 Å². The van der Waals surface area contributed by atoms with E-state index in [1.807, 2.05) is 6.92 Å². The molecule has 1 aromatic carbocycles. The average molecular weight is 438 g/mol. The van der Waals surface area contributed by atoms with Crippen molar-refractivity contribution in [1.82, 2.24) is 5.32 Å². The molecular formula is C24H42N2O3P+. The van der Waals surface area contributed by atoms with Gasteiger partial charge in [0, 0.05) is 31.0 Å². The predicted octanol–water partition coefficient (Wildman–Crippen LogP) is 6.70. The van der Waals surface area contributed by atoms with Crippen molar-refractivity contribution in [3.63, 3.8) is 0 Å². The van der Waals surface area contributed by atoms with Crippen LogP contribution in [0.1, 0.15) is 88.6 Å². The van der Waals surface area contributed by atoms with Gasteiger partial charge in [0.1, 0.15) is 0 Å². The second kappa shape index (κ2) is 14.5. The second-order valence-corrected chi connectivity index (χ2v) is 12.8. The molecule has 0 aliphatic carbocycles. The average Bonchev–Trinajstić information content (AvgIpc) is 2.76. The lowest BCUT2D eigenvalue weighted by Gasteiger charge is -2.28. The van der Waals surface area contributed by atoms with E-state index in [9.17, 15) is 14.9 Å². The first-order chi connectivity index (χ1) is 14.4. The molecule has 30 heavy (non-hydrogen) atoms. The number of rotatable bonds is 16. The number of amides is 1. The minimum atomic E-state index is -0.950. The number of unbranched alkanes of at least 4 members (excludes halogenated alkanes) is 3. The van der Waals surface area contributed by atoms with E-state index in [-0.39, 0.29) is 11.6 Å². The molecule has 0 aliphatic heterocycles. The van der Waals surface area contributed by atoms with Crippen LogP contribution >= 0.6 is 7.26 Å². The summed E-state index contributed by atoms with van der Waals surface area (Å²) in [6, 6.07) is 4.81. The monoisotopic (exact) mass is 437 g/mol. The lowest BCUT2D eigenvalue weighted by Crippen LogP contribution is -2.26. The third-order valence-corrected chi connectivity index (χ3v) is 11.0. The first-order valence-electron chi connectivity index (χ1n) is 11.8. The number of hydrogen-bond acceptors (Lipinski definition) is 3. The maximum Gasteiger partial charge on any atom is 0.273 e. The molecular weight excluding hydrogens is 395 g/mol. The van der Waals surface area contributed by atoms with Crippen molar-refractivity contribution >= 4 is 18.9 Å². The minimum Gasteiger partial charge on any atom is -0.352 e. The Morgan fingerprint density at radius 2 is 1.47 bits per heavy atom. The molecule has 0 heterocycles. The fraction of sp³-hybridized carbons (Fsp3) is 0.708. The topological polar surface area (TPSA) is 72.2 Å². The van der Waals surface area contributed by atoms with Crippen LogP contribution < -0.4 is 5.32 Å². The third-order valence-electron chi connectivity index (χ3n) is 5.98. The van der Waals surface area contributed by atoms with Crippen LogP contribution in [0.4, 0.5) is 5.69 Å². The van der Waals surface area contributed by atoms with Gasteiger partial charge in [-0.2, -0.15) is 0 Å². The molecule has 0 radical (unpaired) electrons. The van der Waals surface area contributed by atoms with Gasteiger partial charge in [0.15, 0.2) is 0 Å². The van der Waals surface area contributed by atoms with Crippen LogP contribution in [0.15, 0.2) is 18.2 Å². The summed E-state index contributed by atoms with van der Waals surface area (Å²) in [5.41, 5.74) is 1.07. The van der Waals surface area contributed by atoms with Crippen LogP contribution in [0.3, 0.4) is 0 Å². The predicted molar refractivity (Wildman–Crippen MR) is 131 cm³/mol. The number of hydrogen-bond donors (Lipinski definition) is 1. The van der Waals surface area contributed by atoms with E-state index in [4.69, 9.17) is 0 Å². The van der Waals surface area contributed by atoms with E-state index in [1.54, 1.807) is 12.1 Å². The highest BCUT2D eigenvalue weighted by molar-refractivity contribution is 7.75. The highest BCUT2D eigenvalue weighted by atomic mass is 31.2. The van der Waals surface area contributed by atoms with E-state index < -0.39 is 12.2 Å². The fourth-order valence-corrected chi connectivity index (χ4v) is 9.18. The number of benzene rings is 1. The van der Waals surface area contributed by atoms with Crippen molar-refractivity contribution in [2.45, 2.75) is 79.1 Å². The smallest absolute Gasteiger partial charge is 0.273 e. The number of nitrogens with zero attached hydrogens (tertiary/aromatic N) is 1. The Labute approximate surface area is 183 Å². The van der Waals surface area contributed by atoms with Gasteiger partial charge in [0.05, 0.1) is 29.6 Å². The van der Waals surface area contributed by atoms with Crippen LogP contribution in [0.5, 0.6) is 0 Å². The SMILES string of the molecule is CCCC[P+](CCCC)(CCCC)CCCNC(=O)c1ccc(CC)c([N+](=O)[O-])c1.